The first-order valence-electron chi connectivity index (χ1n) is 18.5. The number of hydrogen-bond acceptors (Lipinski definition) is 8. The fourth-order valence-corrected chi connectivity index (χ4v) is 6.47. The lowest BCUT2D eigenvalue weighted by molar-refractivity contribution is -0.145. The van der Waals surface area contributed by atoms with Crippen molar-refractivity contribution in [1.29, 1.82) is 0 Å². The van der Waals surface area contributed by atoms with Crippen LogP contribution in [0.3, 0.4) is 0 Å². The molecule has 0 aliphatic heterocycles. The minimum atomic E-state index is -0.0969. The van der Waals surface area contributed by atoms with Crippen molar-refractivity contribution in [1.82, 2.24) is 39.5 Å². The fraction of sp³-hybridized carbons (Fsp3) is 0.658. The number of carbonyl (C=O) groups excluding carboxylic acids is 1. The van der Waals surface area contributed by atoms with Crippen molar-refractivity contribution in [2.45, 2.75) is 112 Å². The molecular weight excluding hydrogens is 600 g/mol. The van der Waals surface area contributed by atoms with Gasteiger partial charge in [0, 0.05) is 50.5 Å². The number of nitrogens with zero attached hydrogens (tertiary/aromatic N) is 6. The quantitative estimate of drug-likeness (QED) is 0.0728. The van der Waals surface area contributed by atoms with E-state index in [0.717, 1.165) is 63.8 Å². The summed E-state index contributed by atoms with van der Waals surface area (Å²) in [5, 5.41) is 0. The van der Waals surface area contributed by atoms with Crippen LogP contribution in [0, 0.1) is 0 Å². The third kappa shape index (κ3) is 13.8. The Balaban J connectivity index is 1.62. The van der Waals surface area contributed by atoms with E-state index in [4.69, 9.17) is 4.74 Å². The van der Waals surface area contributed by atoms with Crippen molar-refractivity contribution in [2.75, 3.05) is 52.4 Å². The van der Waals surface area contributed by atoms with E-state index in [0.29, 0.717) is 26.1 Å². The second-order valence-electron chi connectivity index (χ2n) is 12.9. The standard InChI is InChI=1S/C38H64N8O2/c1-7-23-43(24-8-2)25-12-13-26-44(27-18-37(47)48-31-35(9-3)45(10-4)11-5)28-33-14-16-34(17-15-33)29-46(30-36-39-19-20-40-36)32(6)38-41-21-22-42-38/h14-17,19-22,32,35H,7-13,18,23-31H2,1-6H3,(H,39,40)(H,41,42). The Morgan fingerprint density at radius 2 is 1.38 bits per heavy atom. The molecule has 0 aliphatic carbocycles. The van der Waals surface area contributed by atoms with Crippen LogP contribution in [0.2, 0.25) is 0 Å². The molecule has 3 rings (SSSR count). The van der Waals surface area contributed by atoms with Crippen molar-refractivity contribution in [2.24, 2.45) is 0 Å². The van der Waals surface area contributed by atoms with E-state index >= 15 is 0 Å². The van der Waals surface area contributed by atoms with Crippen LogP contribution < -0.4 is 0 Å². The minimum Gasteiger partial charge on any atom is -0.464 e. The second kappa shape index (κ2) is 22.6. The van der Waals surface area contributed by atoms with Gasteiger partial charge in [-0.25, -0.2) is 9.97 Å². The van der Waals surface area contributed by atoms with Crippen LogP contribution in [0.4, 0.5) is 0 Å². The molecule has 0 radical (unpaired) electrons. The first-order valence-corrected chi connectivity index (χ1v) is 18.5. The van der Waals surface area contributed by atoms with E-state index in [1.165, 1.54) is 43.5 Å². The van der Waals surface area contributed by atoms with E-state index in [2.05, 4.69) is 105 Å². The number of rotatable bonds is 26. The Morgan fingerprint density at radius 1 is 0.750 bits per heavy atom. The maximum Gasteiger partial charge on any atom is 0.307 e. The largest absolute Gasteiger partial charge is 0.464 e. The van der Waals surface area contributed by atoms with Gasteiger partial charge in [-0.3, -0.25) is 19.5 Å². The third-order valence-electron chi connectivity index (χ3n) is 9.33. The molecule has 2 unspecified atom stereocenters. The zero-order valence-electron chi connectivity index (χ0n) is 30.8. The summed E-state index contributed by atoms with van der Waals surface area (Å²) in [6.45, 7) is 23.0. The monoisotopic (exact) mass is 665 g/mol. The Labute approximate surface area is 290 Å². The number of likely N-dealkylation sites (N-methyl/N-ethyl adjacent to an activating group) is 1. The lowest BCUT2D eigenvalue weighted by atomic mass is 10.1. The minimum absolute atomic E-state index is 0.0969. The molecule has 268 valence electrons. The normalized spacial score (nSPS) is 13.2. The fourth-order valence-electron chi connectivity index (χ4n) is 6.47. The van der Waals surface area contributed by atoms with Crippen LogP contribution in [0.1, 0.15) is 109 Å². The topological polar surface area (TPSA) is 96.6 Å². The van der Waals surface area contributed by atoms with Crippen LogP contribution in [-0.4, -0.2) is 104 Å². The average Bonchev–Trinajstić information content (AvgIpc) is 3.83. The Hall–Kier alpha value is -3.05. The molecule has 2 aromatic heterocycles. The number of carbonyl (C=O) groups is 1. The first kappa shape index (κ1) is 39.4. The van der Waals surface area contributed by atoms with Crippen molar-refractivity contribution < 1.29 is 9.53 Å². The molecule has 0 spiro atoms. The van der Waals surface area contributed by atoms with Gasteiger partial charge in [0.25, 0.3) is 0 Å². The van der Waals surface area contributed by atoms with Gasteiger partial charge >= 0.3 is 5.97 Å². The van der Waals surface area contributed by atoms with E-state index in [-0.39, 0.29) is 18.1 Å². The summed E-state index contributed by atoms with van der Waals surface area (Å²) in [4.78, 5) is 38.1. The highest BCUT2D eigenvalue weighted by Crippen LogP contribution is 2.22. The van der Waals surface area contributed by atoms with Crippen LogP contribution in [0.25, 0.3) is 0 Å². The summed E-state index contributed by atoms with van der Waals surface area (Å²) in [6.07, 6.45) is 13.4. The van der Waals surface area contributed by atoms with Crippen molar-refractivity contribution in [3.05, 3.63) is 71.8 Å². The molecule has 2 heterocycles. The molecule has 0 bridgehead atoms. The third-order valence-corrected chi connectivity index (χ3v) is 9.33. The zero-order valence-corrected chi connectivity index (χ0v) is 30.8. The molecule has 0 amide bonds. The van der Waals surface area contributed by atoms with Crippen molar-refractivity contribution >= 4 is 5.97 Å². The van der Waals surface area contributed by atoms with Gasteiger partial charge in [-0.05, 0) is 89.4 Å². The summed E-state index contributed by atoms with van der Waals surface area (Å²) < 4.78 is 5.80. The SMILES string of the molecule is CCCN(CCC)CCCCN(CCC(=O)OCC(CC)N(CC)CC)Cc1ccc(CN(Cc2ncc[nH]2)C(C)c2ncc[nH]2)cc1. The Morgan fingerprint density at radius 3 is 1.94 bits per heavy atom. The van der Waals surface area contributed by atoms with Gasteiger partial charge in [0.1, 0.15) is 18.3 Å². The number of ether oxygens (including phenoxy) is 1. The Bertz CT molecular complexity index is 1210. The molecular formula is C38H64N8O2. The maximum absolute atomic E-state index is 12.9. The molecule has 10 heteroatoms. The number of esters is 1. The number of aromatic amines is 2. The molecule has 0 saturated heterocycles. The van der Waals surface area contributed by atoms with Crippen LogP contribution in [0.15, 0.2) is 49.1 Å². The molecule has 48 heavy (non-hydrogen) atoms. The molecule has 2 atom stereocenters. The van der Waals surface area contributed by atoms with Crippen LogP contribution in [-0.2, 0) is 29.2 Å². The van der Waals surface area contributed by atoms with Gasteiger partial charge in [0.15, 0.2) is 0 Å². The highest BCUT2D eigenvalue weighted by Gasteiger charge is 2.20. The van der Waals surface area contributed by atoms with Crippen LogP contribution in [0.5, 0.6) is 0 Å². The van der Waals surface area contributed by atoms with Gasteiger partial charge < -0.3 is 19.6 Å². The number of unbranched alkanes of at least 4 members (excludes halogenated alkanes) is 1. The number of hydrogen-bond donors (Lipinski definition) is 2. The van der Waals surface area contributed by atoms with Gasteiger partial charge in [0.05, 0.1) is 19.0 Å². The lowest BCUT2D eigenvalue weighted by Crippen LogP contribution is -2.38. The molecule has 2 N–H and O–H groups in total. The molecule has 10 nitrogen and oxygen atoms in total. The Kier molecular flexibility index (Phi) is 18.5. The molecule has 0 fully saturated rings. The van der Waals surface area contributed by atoms with E-state index in [9.17, 15) is 4.79 Å². The molecule has 0 saturated carbocycles. The maximum atomic E-state index is 12.9. The van der Waals surface area contributed by atoms with Gasteiger partial charge in [-0.1, -0.05) is 58.9 Å². The number of H-pyrrole nitrogens is 2. The second-order valence-corrected chi connectivity index (χ2v) is 12.9. The smallest absolute Gasteiger partial charge is 0.307 e. The first-order chi connectivity index (χ1) is 23.4. The highest BCUT2D eigenvalue weighted by atomic mass is 16.5. The predicted octanol–water partition coefficient (Wildman–Crippen LogP) is 6.65. The van der Waals surface area contributed by atoms with Gasteiger partial charge in [-0.15, -0.1) is 0 Å². The summed E-state index contributed by atoms with van der Waals surface area (Å²) in [5.41, 5.74) is 2.50. The van der Waals surface area contributed by atoms with Crippen molar-refractivity contribution in [3.8, 4) is 0 Å². The van der Waals surface area contributed by atoms with Crippen LogP contribution >= 0.6 is 0 Å². The predicted molar refractivity (Wildman–Crippen MR) is 195 cm³/mol. The van der Waals surface area contributed by atoms with Gasteiger partial charge in [-0.2, -0.15) is 0 Å². The number of nitrogens with one attached hydrogen (secondary N) is 2. The molecule has 1 aromatic carbocycles. The van der Waals surface area contributed by atoms with Crippen molar-refractivity contribution in [3.63, 3.8) is 0 Å². The highest BCUT2D eigenvalue weighted by molar-refractivity contribution is 5.69. The zero-order chi connectivity index (χ0) is 34.6. The van der Waals surface area contributed by atoms with E-state index in [1.54, 1.807) is 12.4 Å². The number of aromatic nitrogens is 4. The van der Waals surface area contributed by atoms with E-state index in [1.807, 2.05) is 12.4 Å². The summed E-state index contributed by atoms with van der Waals surface area (Å²) >= 11 is 0. The summed E-state index contributed by atoms with van der Waals surface area (Å²) in [7, 11) is 0. The van der Waals surface area contributed by atoms with Gasteiger partial charge in [0.2, 0.25) is 0 Å². The molecule has 0 aliphatic rings. The lowest BCUT2D eigenvalue weighted by Gasteiger charge is -2.28. The summed E-state index contributed by atoms with van der Waals surface area (Å²) in [6, 6.07) is 9.33. The average molecular weight is 665 g/mol. The summed E-state index contributed by atoms with van der Waals surface area (Å²) in [5.74, 6) is 1.78. The number of imidazole rings is 2. The number of benzene rings is 1. The van der Waals surface area contributed by atoms with E-state index < -0.39 is 0 Å². The molecule has 3 aromatic rings.